The summed E-state index contributed by atoms with van der Waals surface area (Å²) in [6.07, 6.45) is 1.72. The summed E-state index contributed by atoms with van der Waals surface area (Å²) in [4.78, 5) is 7.00. The summed E-state index contributed by atoms with van der Waals surface area (Å²) in [6.45, 7) is 2.07. The van der Waals surface area contributed by atoms with Crippen molar-refractivity contribution in [3.05, 3.63) is 46.9 Å². The van der Waals surface area contributed by atoms with Crippen LogP contribution in [0.2, 0.25) is 0 Å². The highest BCUT2D eigenvalue weighted by Crippen LogP contribution is 2.16. The van der Waals surface area contributed by atoms with E-state index in [0.29, 0.717) is 4.77 Å². The summed E-state index contributed by atoms with van der Waals surface area (Å²) in [5, 5.41) is 0. The summed E-state index contributed by atoms with van der Waals surface area (Å²) < 4.78 is 0.518. The lowest BCUT2D eigenvalue weighted by atomic mass is 10.1. The Kier molecular flexibility index (Phi) is 2.41. The van der Waals surface area contributed by atoms with Gasteiger partial charge in [0.15, 0.2) is 4.77 Å². The number of hydrogen-bond donors (Lipinski definition) is 1. The Morgan fingerprint density at radius 3 is 2.86 bits per heavy atom. The molecule has 0 aliphatic carbocycles. The van der Waals surface area contributed by atoms with E-state index in [2.05, 4.69) is 29.0 Å². The molecule has 0 atom stereocenters. The van der Waals surface area contributed by atoms with Crippen LogP contribution in [0, 0.1) is 11.7 Å². The third-order valence-electron chi connectivity index (χ3n) is 2.00. The van der Waals surface area contributed by atoms with Crippen LogP contribution in [-0.4, -0.2) is 9.97 Å². The van der Waals surface area contributed by atoms with Gasteiger partial charge in [0.1, 0.15) is 0 Å². The van der Waals surface area contributed by atoms with Crippen molar-refractivity contribution in [2.24, 2.45) is 0 Å². The van der Waals surface area contributed by atoms with Gasteiger partial charge in [0.05, 0.1) is 0 Å². The van der Waals surface area contributed by atoms with Crippen molar-refractivity contribution in [3.63, 3.8) is 0 Å². The molecule has 0 spiro atoms. The number of H-pyrrole nitrogens is 1. The summed E-state index contributed by atoms with van der Waals surface area (Å²) in [5.74, 6) is 0. The SMILES string of the molecule is Cc1cccc(-c2ccnc(=S)[nH]2)c1. The van der Waals surface area contributed by atoms with Crippen LogP contribution < -0.4 is 0 Å². The summed E-state index contributed by atoms with van der Waals surface area (Å²) >= 11 is 4.97. The van der Waals surface area contributed by atoms with Crippen molar-refractivity contribution in [1.29, 1.82) is 0 Å². The highest BCUT2D eigenvalue weighted by molar-refractivity contribution is 7.71. The van der Waals surface area contributed by atoms with Gasteiger partial charge in [-0.1, -0.05) is 23.8 Å². The van der Waals surface area contributed by atoms with E-state index in [-0.39, 0.29) is 0 Å². The molecule has 0 fully saturated rings. The van der Waals surface area contributed by atoms with E-state index in [1.165, 1.54) is 5.56 Å². The molecule has 2 rings (SSSR count). The minimum atomic E-state index is 0.518. The Hall–Kier alpha value is -1.48. The number of rotatable bonds is 1. The molecular formula is C11H10N2S. The average molecular weight is 202 g/mol. The fourth-order valence-corrected chi connectivity index (χ4v) is 1.52. The fraction of sp³-hybridized carbons (Fsp3) is 0.0909. The Morgan fingerprint density at radius 1 is 1.29 bits per heavy atom. The number of nitrogens with one attached hydrogen (secondary N) is 1. The second-order valence-electron chi connectivity index (χ2n) is 3.16. The Bertz CT molecular complexity index is 502. The molecule has 2 aromatic rings. The Balaban J connectivity index is 2.55. The number of aromatic nitrogens is 2. The summed E-state index contributed by atoms with van der Waals surface area (Å²) in [5.41, 5.74) is 3.38. The molecule has 1 N–H and O–H groups in total. The van der Waals surface area contributed by atoms with Crippen LogP contribution in [-0.2, 0) is 0 Å². The molecule has 2 nitrogen and oxygen atoms in total. The standard InChI is InChI=1S/C11H10N2S/c1-8-3-2-4-9(7-8)10-5-6-12-11(14)13-10/h2-7H,1H3,(H,12,13,14). The van der Waals surface area contributed by atoms with Crippen molar-refractivity contribution in [1.82, 2.24) is 9.97 Å². The number of hydrogen-bond acceptors (Lipinski definition) is 2. The second-order valence-corrected chi connectivity index (χ2v) is 3.54. The molecule has 0 bridgehead atoms. The minimum Gasteiger partial charge on any atom is -0.330 e. The van der Waals surface area contributed by atoms with E-state index in [9.17, 15) is 0 Å². The minimum absolute atomic E-state index is 0.518. The zero-order valence-electron chi connectivity index (χ0n) is 7.82. The van der Waals surface area contributed by atoms with Crippen molar-refractivity contribution in [2.75, 3.05) is 0 Å². The first-order valence-electron chi connectivity index (χ1n) is 4.38. The summed E-state index contributed by atoms with van der Waals surface area (Å²) in [7, 11) is 0. The third-order valence-corrected chi connectivity index (χ3v) is 2.21. The predicted molar refractivity (Wildman–Crippen MR) is 59.6 cm³/mol. The van der Waals surface area contributed by atoms with Crippen molar-refractivity contribution in [2.45, 2.75) is 6.92 Å². The number of nitrogens with zero attached hydrogens (tertiary/aromatic N) is 1. The third kappa shape index (κ3) is 1.88. The molecule has 0 saturated heterocycles. The molecule has 0 saturated carbocycles. The molecule has 1 aromatic heterocycles. The maximum Gasteiger partial charge on any atom is 0.197 e. The first kappa shape index (κ1) is 9.09. The molecule has 1 aromatic carbocycles. The number of aromatic amines is 1. The second kappa shape index (κ2) is 3.72. The topological polar surface area (TPSA) is 28.7 Å². The van der Waals surface area contributed by atoms with E-state index in [1.54, 1.807) is 6.20 Å². The normalized spacial score (nSPS) is 10.1. The van der Waals surface area contributed by atoms with E-state index in [1.807, 2.05) is 18.2 Å². The molecule has 0 unspecified atom stereocenters. The molecule has 70 valence electrons. The maximum absolute atomic E-state index is 4.97. The van der Waals surface area contributed by atoms with Gasteiger partial charge in [0.2, 0.25) is 0 Å². The zero-order chi connectivity index (χ0) is 9.97. The van der Waals surface area contributed by atoms with Crippen LogP contribution in [0.5, 0.6) is 0 Å². The van der Waals surface area contributed by atoms with Crippen LogP contribution in [0.4, 0.5) is 0 Å². The first-order chi connectivity index (χ1) is 6.75. The van der Waals surface area contributed by atoms with Crippen LogP contribution in [0.1, 0.15) is 5.56 Å². The van der Waals surface area contributed by atoms with E-state index >= 15 is 0 Å². The lowest BCUT2D eigenvalue weighted by Crippen LogP contribution is -1.86. The first-order valence-corrected chi connectivity index (χ1v) is 4.79. The molecule has 0 radical (unpaired) electrons. The van der Waals surface area contributed by atoms with E-state index in [4.69, 9.17) is 12.2 Å². The Labute approximate surface area is 87.7 Å². The van der Waals surface area contributed by atoms with Crippen molar-refractivity contribution < 1.29 is 0 Å². The number of benzene rings is 1. The lowest BCUT2D eigenvalue weighted by Gasteiger charge is -2.01. The molecule has 0 amide bonds. The van der Waals surface area contributed by atoms with Gasteiger partial charge in [-0.15, -0.1) is 0 Å². The van der Waals surface area contributed by atoms with E-state index in [0.717, 1.165) is 11.3 Å². The zero-order valence-corrected chi connectivity index (χ0v) is 8.64. The molecular weight excluding hydrogens is 192 g/mol. The molecule has 0 aliphatic rings. The monoisotopic (exact) mass is 202 g/mol. The molecule has 14 heavy (non-hydrogen) atoms. The lowest BCUT2D eigenvalue weighted by molar-refractivity contribution is 1.14. The quantitative estimate of drug-likeness (QED) is 0.720. The fourth-order valence-electron chi connectivity index (χ4n) is 1.35. The average Bonchev–Trinajstić information content (AvgIpc) is 2.18. The van der Waals surface area contributed by atoms with Gasteiger partial charge in [0, 0.05) is 11.9 Å². The maximum atomic E-state index is 4.97. The number of aryl methyl sites for hydroxylation is 1. The van der Waals surface area contributed by atoms with Crippen molar-refractivity contribution in [3.8, 4) is 11.3 Å². The van der Waals surface area contributed by atoms with Gasteiger partial charge in [0.25, 0.3) is 0 Å². The van der Waals surface area contributed by atoms with Crippen LogP contribution in [0.3, 0.4) is 0 Å². The smallest absolute Gasteiger partial charge is 0.197 e. The van der Waals surface area contributed by atoms with Crippen LogP contribution >= 0.6 is 12.2 Å². The van der Waals surface area contributed by atoms with Crippen molar-refractivity contribution >= 4 is 12.2 Å². The molecule has 1 heterocycles. The van der Waals surface area contributed by atoms with Crippen LogP contribution in [0.15, 0.2) is 36.5 Å². The van der Waals surface area contributed by atoms with Gasteiger partial charge in [-0.2, -0.15) is 0 Å². The van der Waals surface area contributed by atoms with E-state index < -0.39 is 0 Å². The Morgan fingerprint density at radius 2 is 2.14 bits per heavy atom. The predicted octanol–water partition coefficient (Wildman–Crippen LogP) is 3.11. The van der Waals surface area contributed by atoms with Gasteiger partial charge in [-0.25, -0.2) is 4.98 Å². The van der Waals surface area contributed by atoms with Gasteiger partial charge >= 0.3 is 0 Å². The highest BCUT2D eigenvalue weighted by atomic mass is 32.1. The largest absolute Gasteiger partial charge is 0.330 e. The molecule has 0 aliphatic heterocycles. The van der Waals surface area contributed by atoms with Gasteiger partial charge in [-0.05, 0) is 36.8 Å². The van der Waals surface area contributed by atoms with Crippen LogP contribution in [0.25, 0.3) is 11.3 Å². The van der Waals surface area contributed by atoms with Gasteiger partial charge in [-0.3, -0.25) is 0 Å². The highest BCUT2D eigenvalue weighted by Gasteiger charge is 1.96. The molecule has 3 heteroatoms. The summed E-state index contributed by atoms with van der Waals surface area (Å²) in [6, 6.07) is 10.2. The van der Waals surface area contributed by atoms with Gasteiger partial charge < -0.3 is 4.98 Å².